The van der Waals surface area contributed by atoms with Crippen molar-refractivity contribution in [1.29, 1.82) is 0 Å². The Labute approximate surface area is 189 Å². The first-order chi connectivity index (χ1) is 14.4. The summed E-state index contributed by atoms with van der Waals surface area (Å²) in [5.41, 5.74) is -1.61. The van der Waals surface area contributed by atoms with Crippen LogP contribution in [0.25, 0.3) is 0 Å². The molecule has 2 saturated carbocycles. The molecule has 1 N–H and O–H groups in total. The van der Waals surface area contributed by atoms with E-state index in [1.165, 1.54) is 13.0 Å². The molecule has 0 saturated heterocycles. The van der Waals surface area contributed by atoms with E-state index in [0.29, 0.717) is 22.9 Å². The first kappa shape index (κ1) is 22.6. The van der Waals surface area contributed by atoms with Crippen molar-refractivity contribution in [3.05, 3.63) is 33.9 Å². The highest BCUT2D eigenvalue weighted by Crippen LogP contribution is 2.66. The summed E-state index contributed by atoms with van der Waals surface area (Å²) in [6, 6.07) is 0. The summed E-state index contributed by atoms with van der Waals surface area (Å²) in [5.74, 6) is -1.90. The fraction of sp³-hybridized carbons (Fsp3) is 0.625. The third-order valence-electron chi connectivity index (χ3n) is 8.41. The van der Waals surface area contributed by atoms with E-state index in [1.54, 1.807) is 6.08 Å². The van der Waals surface area contributed by atoms with Gasteiger partial charge < -0.3 is 9.84 Å². The molecular weight excluding hydrogens is 467 g/mol. The number of carbonyl (C=O) groups is 3. The van der Waals surface area contributed by atoms with Gasteiger partial charge in [0.05, 0.1) is 4.48 Å². The summed E-state index contributed by atoms with van der Waals surface area (Å²) in [7, 11) is 0. The number of Topliss-reactive ketones (excluding diaryl/α,β-unsaturated/α-hetero) is 1. The Balaban J connectivity index is 1.76. The molecule has 0 heterocycles. The van der Waals surface area contributed by atoms with E-state index in [4.69, 9.17) is 4.74 Å². The summed E-state index contributed by atoms with van der Waals surface area (Å²) in [4.78, 5) is 36.4. The van der Waals surface area contributed by atoms with Crippen LogP contribution in [0.1, 0.15) is 47.0 Å². The van der Waals surface area contributed by atoms with Crippen LogP contribution in [-0.2, 0) is 19.1 Å². The molecule has 0 amide bonds. The van der Waals surface area contributed by atoms with Crippen molar-refractivity contribution in [3.63, 3.8) is 0 Å². The quantitative estimate of drug-likeness (QED) is 0.473. The number of rotatable bonds is 3. The van der Waals surface area contributed by atoms with Gasteiger partial charge in [-0.1, -0.05) is 31.6 Å². The van der Waals surface area contributed by atoms with Crippen molar-refractivity contribution in [1.82, 2.24) is 0 Å². The maximum atomic E-state index is 15.4. The van der Waals surface area contributed by atoms with Gasteiger partial charge in [0.25, 0.3) is 0 Å². The van der Waals surface area contributed by atoms with Crippen molar-refractivity contribution < 1.29 is 28.6 Å². The number of ether oxygens (including phenoxy) is 1. The smallest absolute Gasteiger partial charge is 0.303 e. The molecule has 0 unspecified atom stereocenters. The normalized spacial score (nSPS) is 43.7. The number of hydrogen-bond acceptors (Lipinski definition) is 5. The van der Waals surface area contributed by atoms with Crippen LogP contribution in [0, 0.1) is 28.6 Å². The van der Waals surface area contributed by atoms with Gasteiger partial charge in [-0.15, -0.1) is 0 Å². The third-order valence-corrected chi connectivity index (χ3v) is 9.03. The van der Waals surface area contributed by atoms with E-state index < -0.39 is 41.0 Å². The van der Waals surface area contributed by atoms with Crippen LogP contribution in [0.2, 0.25) is 0 Å². The Morgan fingerprint density at radius 1 is 1.29 bits per heavy atom. The van der Waals surface area contributed by atoms with Crippen molar-refractivity contribution in [2.45, 2.75) is 58.7 Å². The summed E-state index contributed by atoms with van der Waals surface area (Å²) >= 11 is 3.32. The molecule has 0 aliphatic heterocycles. The highest BCUT2D eigenvalue weighted by Gasteiger charge is 2.67. The van der Waals surface area contributed by atoms with E-state index in [1.807, 2.05) is 26.8 Å². The standard InChI is InChI=1S/C24H28BrFO5/c1-12-7-16-14-8-19(26)17-9-20(28)18(25)10-22(17,3)15(14)5-6-23(16,4)24(12,30)21(29)11-31-13(2)27/h5,9-10,12,14,16,19,30H,6-8,11H2,1-4H3/t12-,14+,16-,19+,22+,23-,24-/m0/s1. The SMILES string of the molecule is CC(=O)OCC(=O)[C@@]1(O)[C@@H](C)C[C@H]2[C@@H]3C[C@@H](F)C4=CC(=O)C(Br)=C[C@]4(C)C3=CC[C@@]21C. The van der Waals surface area contributed by atoms with Gasteiger partial charge in [0.15, 0.2) is 12.4 Å². The van der Waals surface area contributed by atoms with Gasteiger partial charge in [-0.3, -0.25) is 14.4 Å². The Hall–Kier alpha value is -1.60. The predicted molar refractivity (Wildman–Crippen MR) is 116 cm³/mol. The van der Waals surface area contributed by atoms with E-state index >= 15 is 4.39 Å². The van der Waals surface area contributed by atoms with E-state index in [9.17, 15) is 19.5 Å². The second-order valence-electron chi connectivity index (χ2n) is 9.96. The van der Waals surface area contributed by atoms with Gasteiger partial charge >= 0.3 is 5.97 Å². The molecule has 7 atom stereocenters. The molecule has 4 aliphatic carbocycles. The average molecular weight is 495 g/mol. The molecule has 7 heteroatoms. The number of allylic oxidation sites excluding steroid dienone is 6. The molecule has 168 valence electrons. The van der Waals surface area contributed by atoms with Crippen LogP contribution < -0.4 is 0 Å². The molecular formula is C24H28BrFO5. The maximum Gasteiger partial charge on any atom is 0.303 e. The van der Waals surface area contributed by atoms with E-state index in [-0.39, 0.29) is 30.0 Å². The lowest BCUT2D eigenvalue weighted by Gasteiger charge is -2.54. The molecule has 4 aliphatic rings. The first-order valence-electron chi connectivity index (χ1n) is 10.7. The second-order valence-corrected chi connectivity index (χ2v) is 10.8. The van der Waals surface area contributed by atoms with Gasteiger partial charge in [-0.25, -0.2) is 4.39 Å². The lowest BCUT2D eigenvalue weighted by atomic mass is 9.51. The molecule has 0 aromatic rings. The summed E-state index contributed by atoms with van der Waals surface area (Å²) in [6.07, 6.45) is 5.24. The summed E-state index contributed by atoms with van der Waals surface area (Å²) in [6.45, 7) is 6.44. The average Bonchev–Trinajstić information content (AvgIpc) is 2.90. The molecule has 0 radical (unpaired) electrons. The number of ketones is 2. The minimum absolute atomic E-state index is 0.102. The Kier molecular flexibility index (Phi) is 5.25. The monoisotopic (exact) mass is 494 g/mol. The Morgan fingerprint density at radius 3 is 2.61 bits per heavy atom. The molecule has 0 bridgehead atoms. The van der Waals surface area contributed by atoms with Crippen molar-refractivity contribution in [3.8, 4) is 0 Å². The van der Waals surface area contributed by atoms with Crippen LogP contribution in [-0.4, -0.2) is 41.0 Å². The van der Waals surface area contributed by atoms with Gasteiger partial charge in [-0.05, 0) is 71.5 Å². The molecule has 5 nitrogen and oxygen atoms in total. The highest BCUT2D eigenvalue weighted by atomic mass is 79.9. The molecule has 31 heavy (non-hydrogen) atoms. The van der Waals surface area contributed by atoms with Crippen LogP contribution in [0.3, 0.4) is 0 Å². The lowest BCUT2D eigenvalue weighted by Crippen LogP contribution is -2.58. The van der Waals surface area contributed by atoms with Crippen molar-refractivity contribution in [2.24, 2.45) is 28.6 Å². The molecule has 0 aromatic heterocycles. The Bertz CT molecular complexity index is 967. The number of esters is 1. The number of alkyl halides is 1. The fourth-order valence-electron chi connectivity index (χ4n) is 6.81. The number of carbonyl (C=O) groups excluding carboxylic acids is 3. The number of fused-ring (bicyclic) bond motifs is 5. The first-order valence-corrected chi connectivity index (χ1v) is 11.5. The molecule has 0 spiro atoms. The predicted octanol–water partition coefficient (Wildman–Crippen LogP) is 3.99. The third kappa shape index (κ3) is 2.99. The number of aliphatic hydroxyl groups is 1. The lowest BCUT2D eigenvalue weighted by molar-refractivity contribution is -0.167. The fourth-order valence-corrected chi connectivity index (χ4v) is 7.38. The molecule has 0 aromatic carbocycles. The van der Waals surface area contributed by atoms with Gasteiger partial charge in [0.1, 0.15) is 11.8 Å². The van der Waals surface area contributed by atoms with Crippen LogP contribution in [0.15, 0.2) is 33.9 Å². The van der Waals surface area contributed by atoms with Crippen LogP contribution in [0.5, 0.6) is 0 Å². The second kappa shape index (κ2) is 7.20. The van der Waals surface area contributed by atoms with Gasteiger partial charge in [0, 0.05) is 17.8 Å². The van der Waals surface area contributed by atoms with Gasteiger partial charge in [0.2, 0.25) is 5.78 Å². The topological polar surface area (TPSA) is 80.7 Å². The zero-order valence-electron chi connectivity index (χ0n) is 18.2. The van der Waals surface area contributed by atoms with E-state index in [0.717, 1.165) is 5.57 Å². The molecule has 4 rings (SSSR count). The van der Waals surface area contributed by atoms with Crippen molar-refractivity contribution >= 4 is 33.5 Å². The minimum Gasteiger partial charge on any atom is -0.458 e. The summed E-state index contributed by atoms with van der Waals surface area (Å²) in [5, 5.41) is 11.7. The highest BCUT2D eigenvalue weighted by molar-refractivity contribution is 9.12. The number of hydrogen-bond donors (Lipinski definition) is 1. The van der Waals surface area contributed by atoms with Crippen LogP contribution in [0.4, 0.5) is 4.39 Å². The minimum atomic E-state index is -1.66. The molecule has 2 fully saturated rings. The maximum absolute atomic E-state index is 15.4. The van der Waals surface area contributed by atoms with Gasteiger partial charge in [-0.2, -0.15) is 0 Å². The van der Waals surface area contributed by atoms with Crippen molar-refractivity contribution in [2.75, 3.05) is 6.61 Å². The zero-order valence-corrected chi connectivity index (χ0v) is 19.8. The van der Waals surface area contributed by atoms with Crippen LogP contribution >= 0.6 is 15.9 Å². The van der Waals surface area contributed by atoms with E-state index in [2.05, 4.69) is 15.9 Å². The Morgan fingerprint density at radius 2 is 1.97 bits per heavy atom. The number of halogens is 2. The zero-order chi connectivity index (χ0) is 22.9. The summed E-state index contributed by atoms with van der Waals surface area (Å²) < 4.78 is 20.7. The largest absolute Gasteiger partial charge is 0.458 e.